The van der Waals surface area contributed by atoms with Crippen LogP contribution >= 0.6 is 11.6 Å². The third-order valence-electron chi connectivity index (χ3n) is 2.53. The van der Waals surface area contributed by atoms with Crippen molar-refractivity contribution in [2.45, 2.75) is 32.4 Å². The number of hydrogen-bond donors (Lipinski definition) is 1. The molecule has 0 aliphatic carbocycles. The zero-order valence-corrected chi connectivity index (χ0v) is 10.3. The van der Waals surface area contributed by atoms with Gasteiger partial charge in [-0.2, -0.15) is 0 Å². The summed E-state index contributed by atoms with van der Waals surface area (Å²) in [7, 11) is 0. The molecule has 0 aromatic heterocycles. The molecule has 0 aliphatic rings. The highest BCUT2D eigenvalue weighted by atomic mass is 35.5. The van der Waals surface area contributed by atoms with Crippen LogP contribution in [0.3, 0.4) is 0 Å². The molecular weight excluding hydrogens is 229 g/mol. The average molecular weight is 246 g/mol. The Morgan fingerprint density at radius 1 is 1.50 bits per heavy atom. The minimum Gasteiger partial charge on any atom is -0.377 e. The van der Waals surface area contributed by atoms with E-state index in [0.29, 0.717) is 23.6 Å². The first-order chi connectivity index (χ1) is 7.56. The summed E-state index contributed by atoms with van der Waals surface area (Å²) in [5, 5.41) is 0.416. The van der Waals surface area contributed by atoms with Gasteiger partial charge >= 0.3 is 0 Å². The molecule has 2 unspecified atom stereocenters. The van der Waals surface area contributed by atoms with Crippen molar-refractivity contribution in [2.75, 3.05) is 6.61 Å². The fourth-order valence-corrected chi connectivity index (χ4v) is 1.76. The number of nitrogens with two attached hydrogens (primary N) is 1. The fraction of sp³-hybridized carbons (Fsp3) is 0.500. The third-order valence-corrected chi connectivity index (χ3v) is 2.89. The van der Waals surface area contributed by atoms with E-state index in [9.17, 15) is 4.39 Å². The van der Waals surface area contributed by atoms with Gasteiger partial charge in [0.1, 0.15) is 5.82 Å². The Morgan fingerprint density at radius 2 is 2.19 bits per heavy atom. The Hall–Kier alpha value is -0.640. The van der Waals surface area contributed by atoms with Crippen LogP contribution in [0.2, 0.25) is 5.02 Å². The summed E-state index contributed by atoms with van der Waals surface area (Å²) in [5.41, 5.74) is 6.38. The second kappa shape index (κ2) is 6.18. The molecule has 1 aromatic carbocycles. The number of benzene rings is 1. The predicted octanol–water partition coefficient (Wildman–Crippen LogP) is 2.77. The molecule has 0 radical (unpaired) electrons. The Balaban J connectivity index is 2.72. The second-order valence-corrected chi connectivity index (χ2v) is 4.14. The van der Waals surface area contributed by atoms with Crippen LogP contribution in [0, 0.1) is 5.82 Å². The van der Waals surface area contributed by atoms with Crippen molar-refractivity contribution in [1.82, 2.24) is 0 Å². The SMILES string of the molecule is CCOC(C)C(N)Cc1c(F)cccc1Cl. The highest BCUT2D eigenvalue weighted by Crippen LogP contribution is 2.21. The van der Waals surface area contributed by atoms with Gasteiger partial charge in [-0.1, -0.05) is 17.7 Å². The molecule has 1 aromatic rings. The largest absolute Gasteiger partial charge is 0.377 e. The quantitative estimate of drug-likeness (QED) is 0.866. The van der Waals surface area contributed by atoms with Crippen molar-refractivity contribution < 1.29 is 9.13 Å². The van der Waals surface area contributed by atoms with Gasteiger partial charge in [-0.3, -0.25) is 0 Å². The van der Waals surface area contributed by atoms with E-state index in [4.69, 9.17) is 22.1 Å². The molecule has 0 heterocycles. The lowest BCUT2D eigenvalue weighted by atomic mass is 10.0. The molecule has 0 saturated heterocycles. The van der Waals surface area contributed by atoms with Crippen LogP contribution in [0.5, 0.6) is 0 Å². The van der Waals surface area contributed by atoms with Gasteiger partial charge in [-0.25, -0.2) is 4.39 Å². The van der Waals surface area contributed by atoms with Crippen LogP contribution in [0.25, 0.3) is 0 Å². The summed E-state index contributed by atoms with van der Waals surface area (Å²) in [6.45, 7) is 4.38. The van der Waals surface area contributed by atoms with E-state index in [1.165, 1.54) is 6.07 Å². The first kappa shape index (κ1) is 13.4. The van der Waals surface area contributed by atoms with Gasteiger partial charge in [0.25, 0.3) is 0 Å². The Labute approximate surface area is 101 Å². The molecule has 0 aliphatic heterocycles. The maximum absolute atomic E-state index is 13.5. The van der Waals surface area contributed by atoms with Crippen molar-refractivity contribution in [2.24, 2.45) is 5.73 Å². The van der Waals surface area contributed by atoms with Gasteiger partial charge in [0.05, 0.1) is 6.10 Å². The van der Waals surface area contributed by atoms with Gasteiger partial charge in [0, 0.05) is 23.2 Å². The number of halogens is 2. The topological polar surface area (TPSA) is 35.2 Å². The zero-order chi connectivity index (χ0) is 12.1. The highest BCUT2D eigenvalue weighted by Gasteiger charge is 2.17. The van der Waals surface area contributed by atoms with Crippen LogP contribution in [0.15, 0.2) is 18.2 Å². The van der Waals surface area contributed by atoms with Crippen molar-refractivity contribution >= 4 is 11.6 Å². The molecule has 0 bridgehead atoms. The van der Waals surface area contributed by atoms with Gasteiger partial charge in [-0.15, -0.1) is 0 Å². The summed E-state index contributed by atoms with van der Waals surface area (Å²) in [5.74, 6) is -0.313. The Morgan fingerprint density at radius 3 is 2.75 bits per heavy atom. The van der Waals surface area contributed by atoms with E-state index in [2.05, 4.69) is 0 Å². The van der Waals surface area contributed by atoms with Gasteiger partial charge in [-0.05, 0) is 32.4 Å². The molecule has 0 saturated carbocycles. The second-order valence-electron chi connectivity index (χ2n) is 3.73. The van der Waals surface area contributed by atoms with Crippen molar-refractivity contribution in [3.8, 4) is 0 Å². The lowest BCUT2D eigenvalue weighted by Gasteiger charge is -2.20. The van der Waals surface area contributed by atoms with E-state index >= 15 is 0 Å². The van der Waals surface area contributed by atoms with E-state index < -0.39 is 0 Å². The van der Waals surface area contributed by atoms with E-state index in [1.807, 2.05) is 13.8 Å². The lowest BCUT2D eigenvalue weighted by Crippen LogP contribution is -2.36. The standard InChI is InChI=1S/C12H17ClFNO/c1-3-16-8(2)12(15)7-9-10(13)5-4-6-11(9)14/h4-6,8,12H,3,7,15H2,1-2H3. The van der Waals surface area contributed by atoms with Crippen molar-refractivity contribution in [3.05, 3.63) is 34.6 Å². The van der Waals surface area contributed by atoms with Crippen LogP contribution in [-0.2, 0) is 11.2 Å². The normalized spacial score (nSPS) is 14.8. The minimum absolute atomic E-state index is 0.110. The third kappa shape index (κ3) is 3.44. The van der Waals surface area contributed by atoms with E-state index in [1.54, 1.807) is 12.1 Å². The first-order valence-corrected chi connectivity index (χ1v) is 5.74. The molecule has 1 rings (SSSR count). The van der Waals surface area contributed by atoms with E-state index in [-0.39, 0.29) is 18.0 Å². The molecule has 2 nitrogen and oxygen atoms in total. The predicted molar refractivity (Wildman–Crippen MR) is 64.2 cm³/mol. The van der Waals surface area contributed by atoms with Gasteiger partial charge < -0.3 is 10.5 Å². The van der Waals surface area contributed by atoms with Crippen LogP contribution < -0.4 is 5.73 Å². The first-order valence-electron chi connectivity index (χ1n) is 5.36. The molecule has 4 heteroatoms. The van der Waals surface area contributed by atoms with Crippen molar-refractivity contribution in [3.63, 3.8) is 0 Å². The van der Waals surface area contributed by atoms with E-state index in [0.717, 1.165) is 0 Å². The highest BCUT2D eigenvalue weighted by molar-refractivity contribution is 6.31. The fourth-order valence-electron chi connectivity index (χ4n) is 1.52. The molecule has 2 atom stereocenters. The number of hydrogen-bond acceptors (Lipinski definition) is 2. The minimum atomic E-state index is -0.313. The average Bonchev–Trinajstić information content (AvgIpc) is 2.23. The number of rotatable bonds is 5. The van der Waals surface area contributed by atoms with Crippen LogP contribution in [0.1, 0.15) is 19.4 Å². The van der Waals surface area contributed by atoms with Crippen LogP contribution in [-0.4, -0.2) is 18.8 Å². The van der Waals surface area contributed by atoms with Crippen LogP contribution in [0.4, 0.5) is 4.39 Å². The summed E-state index contributed by atoms with van der Waals surface area (Å²) in [6, 6.07) is 4.38. The summed E-state index contributed by atoms with van der Waals surface area (Å²) in [6.07, 6.45) is 0.271. The maximum Gasteiger partial charge on any atom is 0.127 e. The van der Waals surface area contributed by atoms with Crippen molar-refractivity contribution in [1.29, 1.82) is 0 Å². The summed E-state index contributed by atoms with van der Waals surface area (Å²) in [4.78, 5) is 0. The smallest absolute Gasteiger partial charge is 0.127 e. The summed E-state index contributed by atoms with van der Waals surface area (Å²) >= 11 is 5.92. The molecular formula is C12H17ClFNO. The Bertz CT molecular complexity index is 326. The monoisotopic (exact) mass is 245 g/mol. The molecule has 90 valence electrons. The molecule has 16 heavy (non-hydrogen) atoms. The summed E-state index contributed by atoms with van der Waals surface area (Å²) < 4.78 is 18.8. The molecule has 0 fully saturated rings. The zero-order valence-electron chi connectivity index (χ0n) is 9.54. The Kier molecular flexibility index (Phi) is 5.19. The maximum atomic E-state index is 13.5. The molecule has 0 amide bonds. The molecule has 2 N–H and O–H groups in total. The molecule has 0 spiro atoms. The lowest BCUT2D eigenvalue weighted by molar-refractivity contribution is 0.0575. The van der Waals surface area contributed by atoms with Gasteiger partial charge in [0.2, 0.25) is 0 Å². The van der Waals surface area contributed by atoms with Gasteiger partial charge in [0.15, 0.2) is 0 Å². The number of ether oxygens (including phenoxy) is 1.